The molecule has 2 saturated heterocycles. The van der Waals surface area contributed by atoms with Crippen molar-refractivity contribution in [3.63, 3.8) is 0 Å². The van der Waals surface area contributed by atoms with Crippen molar-refractivity contribution in [3.8, 4) is 0 Å². The van der Waals surface area contributed by atoms with Gasteiger partial charge in [-0.25, -0.2) is 4.98 Å². The van der Waals surface area contributed by atoms with Crippen molar-refractivity contribution >= 4 is 17.5 Å². The smallest absolute Gasteiger partial charge is 0.254 e. The van der Waals surface area contributed by atoms with Crippen molar-refractivity contribution in [1.82, 2.24) is 9.88 Å². The summed E-state index contributed by atoms with van der Waals surface area (Å²) in [6, 6.07) is 3.66. The molecule has 0 aliphatic carbocycles. The lowest BCUT2D eigenvalue weighted by molar-refractivity contribution is 0.0287. The highest BCUT2D eigenvalue weighted by Crippen LogP contribution is 2.36. The molecule has 1 aromatic rings. The average molecular weight is 267 g/mol. The fourth-order valence-electron chi connectivity index (χ4n) is 3.16. The van der Waals surface area contributed by atoms with E-state index < -0.39 is 0 Å². The fraction of sp³-hybridized carbons (Fsp3) is 0.538. The minimum Gasteiger partial charge on any atom is -0.393 e. The predicted octanol–water partition coefficient (Wildman–Crippen LogP) is 1.86. The number of rotatable bonds is 1. The molecule has 1 aromatic heterocycles. The van der Waals surface area contributed by atoms with Crippen molar-refractivity contribution in [2.45, 2.75) is 43.9 Å². The second-order valence-electron chi connectivity index (χ2n) is 5.09. The topological polar surface area (TPSA) is 53.4 Å². The monoisotopic (exact) mass is 266 g/mol. The lowest BCUT2D eigenvalue weighted by Crippen LogP contribution is -2.48. The van der Waals surface area contributed by atoms with Crippen LogP contribution >= 0.6 is 11.6 Å². The Bertz CT molecular complexity index is 466. The molecule has 0 aromatic carbocycles. The van der Waals surface area contributed by atoms with Gasteiger partial charge in [-0.1, -0.05) is 11.6 Å². The Morgan fingerprint density at radius 1 is 1.39 bits per heavy atom. The van der Waals surface area contributed by atoms with Gasteiger partial charge in [-0.15, -0.1) is 0 Å². The number of aliphatic hydroxyl groups is 1. The normalized spacial score (nSPS) is 30.6. The van der Waals surface area contributed by atoms with Crippen molar-refractivity contribution in [2.75, 3.05) is 0 Å². The maximum Gasteiger partial charge on any atom is 0.254 e. The van der Waals surface area contributed by atoms with Crippen LogP contribution in [0.1, 0.15) is 36.0 Å². The summed E-state index contributed by atoms with van der Waals surface area (Å²) in [6.07, 6.45) is 4.67. The molecular formula is C13H15ClN2O2. The molecule has 2 aliphatic rings. The molecule has 2 bridgehead atoms. The molecule has 2 aliphatic heterocycles. The molecule has 1 N–H and O–H groups in total. The van der Waals surface area contributed by atoms with Crippen molar-refractivity contribution in [3.05, 3.63) is 29.0 Å². The summed E-state index contributed by atoms with van der Waals surface area (Å²) in [5.74, 6) is 0.0127. The Hall–Kier alpha value is -1.13. The molecule has 0 spiro atoms. The summed E-state index contributed by atoms with van der Waals surface area (Å²) in [5, 5.41) is 10.1. The highest BCUT2D eigenvalue weighted by Gasteiger charge is 2.42. The van der Waals surface area contributed by atoms with Crippen LogP contribution < -0.4 is 0 Å². The molecule has 2 atom stereocenters. The number of carbonyl (C=O) groups excluding carboxylic acids is 1. The Labute approximate surface area is 111 Å². The van der Waals surface area contributed by atoms with Crippen LogP contribution in [0.15, 0.2) is 18.3 Å². The molecule has 18 heavy (non-hydrogen) atoms. The first kappa shape index (κ1) is 11.9. The quantitative estimate of drug-likeness (QED) is 0.790. The molecule has 0 radical (unpaired) electrons. The molecule has 2 fully saturated rings. The number of aliphatic hydroxyl groups excluding tert-OH is 1. The van der Waals surface area contributed by atoms with Gasteiger partial charge in [-0.05, 0) is 37.8 Å². The van der Waals surface area contributed by atoms with Crippen molar-refractivity contribution < 1.29 is 9.90 Å². The summed E-state index contributed by atoms with van der Waals surface area (Å²) >= 11 is 5.82. The lowest BCUT2D eigenvalue weighted by Gasteiger charge is -2.37. The molecule has 0 saturated carbocycles. The Kier molecular flexibility index (Phi) is 2.99. The fourth-order valence-corrected chi connectivity index (χ4v) is 3.34. The number of hydrogen-bond acceptors (Lipinski definition) is 3. The number of aromatic nitrogens is 1. The molecule has 3 heterocycles. The summed E-state index contributed by atoms with van der Waals surface area (Å²) in [5.41, 5.74) is 0.586. The highest BCUT2D eigenvalue weighted by molar-refractivity contribution is 6.29. The third kappa shape index (κ3) is 1.99. The first-order valence-corrected chi connectivity index (χ1v) is 6.65. The number of pyridine rings is 1. The maximum atomic E-state index is 12.5. The van der Waals surface area contributed by atoms with Crippen LogP contribution in [0.5, 0.6) is 0 Å². The van der Waals surface area contributed by atoms with Gasteiger partial charge in [0.1, 0.15) is 5.15 Å². The lowest BCUT2D eigenvalue weighted by atomic mass is 9.99. The second kappa shape index (κ2) is 4.52. The van der Waals surface area contributed by atoms with Crippen LogP contribution in [-0.2, 0) is 0 Å². The predicted molar refractivity (Wildman–Crippen MR) is 67.5 cm³/mol. The number of carbonyl (C=O) groups is 1. The number of hydrogen-bond donors (Lipinski definition) is 1. The minimum atomic E-state index is -0.257. The zero-order valence-corrected chi connectivity index (χ0v) is 10.7. The third-order valence-electron chi connectivity index (χ3n) is 3.92. The molecule has 96 valence electrons. The van der Waals surface area contributed by atoms with E-state index in [0.717, 1.165) is 12.8 Å². The summed E-state index contributed by atoms with van der Waals surface area (Å²) in [6.45, 7) is 0. The van der Waals surface area contributed by atoms with E-state index in [0.29, 0.717) is 23.6 Å². The van der Waals surface area contributed by atoms with Crippen LogP contribution in [0.4, 0.5) is 0 Å². The van der Waals surface area contributed by atoms with E-state index in [9.17, 15) is 9.90 Å². The first-order valence-electron chi connectivity index (χ1n) is 6.27. The van der Waals surface area contributed by atoms with Gasteiger partial charge in [-0.3, -0.25) is 4.79 Å². The van der Waals surface area contributed by atoms with Crippen molar-refractivity contribution in [1.29, 1.82) is 0 Å². The number of halogens is 1. The number of nitrogens with zero attached hydrogens (tertiary/aromatic N) is 2. The Morgan fingerprint density at radius 3 is 2.67 bits per heavy atom. The van der Waals surface area contributed by atoms with Gasteiger partial charge in [0.05, 0.1) is 6.10 Å². The van der Waals surface area contributed by atoms with Gasteiger partial charge in [0.2, 0.25) is 0 Å². The molecular weight excluding hydrogens is 252 g/mol. The zero-order chi connectivity index (χ0) is 12.7. The van der Waals surface area contributed by atoms with Gasteiger partial charge in [0.15, 0.2) is 0 Å². The van der Waals surface area contributed by atoms with Crippen LogP contribution in [0.25, 0.3) is 0 Å². The van der Waals surface area contributed by atoms with E-state index in [-0.39, 0.29) is 24.1 Å². The van der Waals surface area contributed by atoms with E-state index >= 15 is 0 Å². The summed E-state index contributed by atoms with van der Waals surface area (Å²) in [7, 11) is 0. The van der Waals surface area contributed by atoms with E-state index in [4.69, 9.17) is 11.6 Å². The molecule has 3 rings (SSSR count). The van der Waals surface area contributed by atoms with Gasteiger partial charge in [0, 0.05) is 23.8 Å². The molecule has 4 nitrogen and oxygen atoms in total. The zero-order valence-electron chi connectivity index (χ0n) is 9.92. The van der Waals surface area contributed by atoms with E-state index in [1.165, 1.54) is 0 Å². The Balaban J connectivity index is 1.85. The standard InChI is InChI=1S/C13H15ClN2O2/c14-12-5-8(3-4-15-12)13(18)16-9-1-2-10(16)7-11(17)6-9/h3-5,9-11,17H,1-2,6-7H2. The van der Waals surface area contributed by atoms with Crippen molar-refractivity contribution in [2.24, 2.45) is 0 Å². The Morgan fingerprint density at radius 2 is 2.06 bits per heavy atom. The van der Waals surface area contributed by atoms with E-state index in [1.807, 2.05) is 4.90 Å². The third-order valence-corrected chi connectivity index (χ3v) is 4.12. The van der Waals surface area contributed by atoms with Crippen LogP contribution in [0.2, 0.25) is 5.15 Å². The molecule has 5 heteroatoms. The molecule has 2 unspecified atom stereocenters. The highest BCUT2D eigenvalue weighted by atomic mass is 35.5. The summed E-state index contributed by atoms with van der Waals surface area (Å²) in [4.78, 5) is 18.3. The van der Waals surface area contributed by atoms with Gasteiger partial charge in [-0.2, -0.15) is 0 Å². The van der Waals surface area contributed by atoms with E-state index in [2.05, 4.69) is 4.98 Å². The number of fused-ring (bicyclic) bond motifs is 2. The van der Waals surface area contributed by atoms with Crippen LogP contribution in [-0.4, -0.2) is 39.1 Å². The number of piperidine rings is 1. The van der Waals surface area contributed by atoms with Crippen LogP contribution in [0, 0.1) is 0 Å². The largest absolute Gasteiger partial charge is 0.393 e. The minimum absolute atomic E-state index is 0.0127. The van der Waals surface area contributed by atoms with Gasteiger partial charge in [0.25, 0.3) is 5.91 Å². The summed E-state index contributed by atoms with van der Waals surface area (Å²) < 4.78 is 0. The SMILES string of the molecule is O=C(c1ccnc(Cl)c1)N1C2CCC1CC(O)C2. The van der Waals surface area contributed by atoms with Gasteiger partial charge < -0.3 is 10.0 Å². The first-order chi connectivity index (χ1) is 8.65. The average Bonchev–Trinajstić information content (AvgIpc) is 2.61. The second-order valence-corrected chi connectivity index (χ2v) is 5.48. The van der Waals surface area contributed by atoms with Crippen LogP contribution in [0.3, 0.4) is 0 Å². The maximum absolute atomic E-state index is 12.5. The van der Waals surface area contributed by atoms with E-state index in [1.54, 1.807) is 18.3 Å². The van der Waals surface area contributed by atoms with Gasteiger partial charge >= 0.3 is 0 Å². The number of amides is 1. The molecule has 1 amide bonds.